The first kappa shape index (κ1) is 26.2. The van der Waals surface area contributed by atoms with E-state index in [1.807, 2.05) is 0 Å². The summed E-state index contributed by atoms with van der Waals surface area (Å²) in [6.45, 7) is 16.7. The van der Waals surface area contributed by atoms with Gasteiger partial charge >= 0.3 is 0 Å². The molecule has 1 aromatic rings. The van der Waals surface area contributed by atoms with E-state index in [1.54, 1.807) is 0 Å². The average Bonchev–Trinajstić information content (AvgIpc) is 3.05. The van der Waals surface area contributed by atoms with Gasteiger partial charge in [-0.15, -0.1) is 24.0 Å². The average molecular weight is 493 g/mol. The molecular weight excluding hydrogens is 453 g/mol. The molecule has 27 heavy (non-hydrogen) atoms. The smallest absolute Gasteiger partial charge is 0.191 e. The van der Waals surface area contributed by atoms with Gasteiger partial charge in [-0.2, -0.15) is 0 Å². The zero-order valence-electron chi connectivity index (χ0n) is 17.9. The fourth-order valence-corrected chi connectivity index (χ4v) is 3.09. The van der Waals surface area contributed by atoms with Crippen LogP contribution in [0.25, 0.3) is 0 Å². The topological polar surface area (TPSA) is 65.7 Å². The molecule has 1 aromatic heterocycles. The zero-order valence-corrected chi connectivity index (χ0v) is 20.3. The quantitative estimate of drug-likeness (QED) is 0.188. The van der Waals surface area contributed by atoms with Crippen LogP contribution in [0, 0.1) is 0 Å². The Balaban J connectivity index is 0.00000676. The molecule has 0 spiro atoms. The molecule has 0 aliphatic heterocycles. The Bertz CT molecular complexity index is 491. The lowest BCUT2D eigenvalue weighted by Crippen LogP contribution is -2.39. The van der Waals surface area contributed by atoms with E-state index in [4.69, 9.17) is 9.52 Å². The molecule has 7 heteroatoms. The first-order chi connectivity index (χ1) is 12.7. The summed E-state index contributed by atoms with van der Waals surface area (Å²) in [4.78, 5) is 7.29. The number of nitrogens with one attached hydrogen (secondary N) is 2. The first-order valence-corrected chi connectivity index (χ1v) is 10.4. The first-order valence-electron chi connectivity index (χ1n) is 10.4. The summed E-state index contributed by atoms with van der Waals surface area (Å²) in [6, 6.07) is 0. The van der Waals surface area contributed by atoms with Crippen molar-refractivity contribution < 1.29 is 4.52 Å². The number of aromatic nitrogens is 1. The predicted octanol–water partition coefficient (Wildman–Crippen LogP) is 3.98. The molecule has 1 heterocycles. The Hall–Kier alpha value is -0.830. The van der Waals surface area contributed by atoms with Crippen molar-refractivity contribution in [3.05, 3.63) is 17.0 Å². The minimum Gasteiger partial charge on any atom is -0.361 e. The zero-order chi connectivity index (χ0) is 19.2. The Morgan fingerprint density at radius 2 is 1.70 bits per heavy atom. The highest BCUT2D eigenvalue weighted by Gasteiger charge is 2.13. The highest BCUT2D eigenvalue weighted by Crippen LogP contribution is 2.16. The van der Waals surface area contributed by atoms with Crippen LogP contribution in [0.15, 0.2) is 9.52 Å². The van der Waals surface area contributed by atoms with Crippen LogP contribution in [0.4, 0.5) is 0 Å². The number of aliphatic imine (C=N–C) groups is 1. The van der Waals surface area contributed by atoms with Gasteiger partial charge in [-0.25, -0.2) is 4.99 Å². The molecule has 0 bridgehead atoms. The molecule has 0 saturated heterocycles. The van der Waals surface area contributed by atoms with Crippen LogP contribution >= 0.6 is 24.0 Å². The van der Waals surface area contributed by atoms with Gasteiger partial charge in [0, 0.05) is 25.1 Å². The number of halogens is 1. The van der Waals surface area contributed by atoms with Gasteiger partial charge in [-0.1, -0.05) is 32.9 Å². The minimum absolute atomic E-state index is 0. The third-order valence-electron chi connectivity index (χ3n) is 4.37. The molecule has 2 N–H and O–H groups in total. The summed E-state index contributed by atoms with van der Waals surface area (Å²) >= 11 is 0. The lowest BCUT2D eigenvalue weighted by atomic mass is 10.1. The number of hydrogen-bond acceptors (Lipinski definition) is 4. The molecule has 0 aliphatic carbocycles. The summed E-state index contributed by atoms with van der Waals surface area (Å²) in [5.41, 5.74) is 2.17. The van der Waals surface area contributed by atoms with Crippen LogP contribution < -0.4 is 10.6 Å². The van der Waals surface area contributed by atoms with Gasteiger partial charge in [-0.3, -0.25) is 0 Å². The van der Waals surface area contributed by atoms with Crippen molar-refractivity contribution in [2.45, 2.75) is 73.3 Å². The SMILES string of the molecule is CCCN(CCC)CCCNC(=NCc1c(CC)noc1CC)NCC.I. The highest BCUT2D eigenvalue weighted by molar-refractivity contribution is 14.0. The van der Waals surface area contributed by atoms with Gasteiger partial charge in [0.05, 0.1) is 12.2 Å². The maximum atomic E-state index is 5.43. The summed E-state index contributed by atoms with van der Waals surface area (Å²) in [7, 11) is 0. The Morgan fingerprint density at radius 3 is 2.26 bits per heavy atom. The predicted molar refractivity (Wildman–Crippen MR) is 125 cm³/mol. The minimum atomic E-state index is 0. The Morgan fingerprint density at radius 1 is 1.00 bits per heavy atom. The molecular formula is C20H40IN5O. The van der Waals surface area contributed by atoms with Crippen molar-refractivity contribution in [3.8, 4) is 0 Å². The molecule has 0 aliphatic rings. The van der Waals surface area contributed by atoms with Crippen molar-refractivity contribution >= 4 is 29.9 Å². The van der Waals surface area contributed by atoms with Crippen molar-refractivity contribution in [2.24, 2.45) is 4.99 Å². The summed E-state index contributed by atoms with van der Waals surface area (Å²) in [6.07, 6.45) is 5.29. The molecule has 0 amide bonds. The Labute approximate surface area is 182 Å². The second-order valence-corrected chi connectivity index (χ2v) is 6.56. The largest absolute Gasteiger partial charge is 0.361 e. The van der Waals surface area contributed by atoms with E-state index in [9.17, 15) is 0 Å². The molecule has 0 atom stereocenters. The van der Waals surface area contributed by atoms with Crippen molar-refractivity contribution in [1.82, 2.24) is 20.7 Å². The molecule has 1 rings (SSSR count). The van der Waals surface area contributed by atoms with Gasteiger partial charge in [0.2, 0.25) is 0 Å². The molecule has 0 radical (unpaired) electrons. The molecule has 0 fully saturated rings. The number of aryl methyl sites for hydroxylation is 2. The van der Waals surface area contributed by atoms with Crippen LogP contribution in [-0.4, -0.2) is 48.7 Å². The highest BCUT2D eigenvalue weighted by atomic mass is 127. The van der Waals surface area contributed by atoms with Crippen LogP contribution in [0.3, 0.4) is 0 Å². The van der Waals surface area contributed by atoms with E-state index < -0.39 is 0 Å². The molecule has 158 valence electrons. The van der Waals surface area contributed by atoms with E-state index in [0.29, 0.717) is 6.54 Å². The van der Waals surface area contributed by atoms with Gasteiger partial charge in [0.15, 0.2) is 5.96 Å². The summed E-state index contributed by atoms with van der Waals surface area (Å²) < 4.78 is 5.43. The van der Waals surface area contributed by atoms with Crippen molar-refractivity contribution in [3.63, 3.8) is 0 Å². The lowest BCUT2D eigenvalue weighted by Gasteiger charge is -2.21. The second kappa shape index (κ2) is 16.2. The van der Waals surface area contributed by atoms with E-state index in [-0.39, 0.29) is 24.0 Å². The number of hydrogen-bond donors (Lipinski definition) is 2. The van der Waals surface area contributed by atoms with Crippen LogP contribution in [0.5, 0.6) is 0 Å². The molecule has 0 unspecified atom stereocenters. The van der Waals surface area contributed by atoms with Crippen LogP contribution in [-0.2, 0) is 19.4 Å². The van der Waals surface area contributed by atoms with Crippen molar-refractivity contribution in [2.75, 3.05) is 32.7 Å². The van der Waals surface area contributed by atoms with E-state index in [0.717, 1.165) is 61.9 Å². The maximum absolute atomic E-state index is 5.43. The monoisotopic (exact) mass is 493 g/mol. The van der Waals surface area contributed by atoms with Gasteiger partial charge in [0.1, 0.15) is 5.76 Å². The fourth-order valence-electron chi connectivity index (χ4n) is 3.09. The maximum Gasteiger partial charge on any atom is 0.191 e. The number of nitrogens with zero attached hydrogens (tertiary/aromatic N) is 3. The lowest BCUT2D eigenvalue weighted by molar-refractivity contribution is 0.271. The fraction of sp³-hybridized carbons (Fsp3) is 0.800. The standard InChI is InChI=1S/C20H39N5O.HI/c1-6-13-25(14-7-2)15-11-12-22-20(21-10-5)23-16-17-18(8-3)24-26-19(17)9-4;/h6-16H2,1-5H3,(H2,21,22,23);1H. The van der Waals surface area contributed by atoms with Gasteiger partial charge in [-0.05, 0) is 52.2 Å². The Kier molecular flexibility index (Phi) is 15.7. The van der Waals surface area contributed by atoms with Gasteiger partial charge in [0.25, 0.3) is 0 Å². The number of rotatable bonds is 13. The molecule has 0 saturated carbocycles. The third kappa shape index (κ3) is 9.78. The number of guanidine groups is 1. The van der Waals surface area contributed by atoms with Crippen LogP contribution in [0.1, 0.15) is 70.9 Å². The van der Waals surface area contributed by atoms with E-state index in [1.165, 1.54) is 25.9 Å². The molecule has 6 nitrogen and oxygen atoms in total. The van der Waals surface area contributed by atoms with Gasteiger partial charge < -0.3 is 20.1 Å². The molecule has 0 aromatic carbocycles. The normalized spacial score (nSPS) is 11.6. The summed E-state index contributed by atoms with van der Waals surface area (Å²) in [5.74, 6) is 1.83. The third-order valence-corrected chi connectivity index (χ3v) is 4.37. The van der Waals surface area contributed by atoms with Crippen LogP contribution in [0.2, 0.25) is 0 Å². The second-order valence-electron chi connectivity index (χ2n) is 6.56. The van der Waals surface area contributed by atoms with E-state index in [2.05, 4.69) is 55.3 Å². The van der Waals surface area contributed by atoms with Crippen molar-refractivity contribution in [1.29, 1.82) is 0 Å². The van der Waals surface area contributed by atoms with E-state index >= 15 is 0 Å². The summed E-state index contributed by atoms with van der Waals surface area (Å²) in [5, 5.41) is 11.0.